The van der Waals surface area contributed by atoms with Gasteiger partial charge in [-0.1, -0.05) is 5.92 Å². The first-order valence-corrected chi connectivity index (χ1v) is 8.64. The van der Waals surface area contributed by atoms with Crippen LogP contribution in [0.5, 0.6) is 0 Å². The molecule has 2 aromatic heterocycles. The summed E-state index contributed by atoms with van der Waals surface area (Å²) in [6.45, 7) is 5.11. The number of halogens is 1. The first kappa shape index (κ1) is 19.9. The molecule has 3 rings (SSSR count). The number of esters is 1. The zero-order valence-electron chi connectivity index (χ0n) is 16.1. The zero-order chi connectivity index (χ0) is 21.2. The molecule has 1 amide bonds. The molecule has 0 spiro atoms. The van der Waals surface area contributed by atoms with E-state index in [4.69, 9.17) is 10.5 Å². The number of ether oxygens (including phenoxy) is 1. The minimum atomic E-state index is -0.732. The lowest BCUT2D eigenvalue weighted by Crippen LogP contribution is -2.27. The number of carbonyl (C=O) groups excluding carboxylic acids is 2. The summed E-state index contributed by atoms with van der Waals surface area (Å²) < 4.78 is 19.5. The van der Waals surface area contributed by atoms with E-state index >= 15 is 0 Å². The molecule has 2 N–H and O–H groups in total. The van der Waals surface area contributed by atoms with E-state index in [1.54, 1.807) is 39.0 Å². The summed E-state index contributed by atoms with van der Waals surface area (Å²) in [7, 11) is 0. The predicted molar refractivity (Wildman–Crippen MR) is 102 cm³/mol. The highest BCUT2D eigenvalue weighted by Crippen LogP contribution is 2.21. The van der Waals surface area contributed by atoms with Crippen LogP contribution in [0.1, 0.15) is 42.6 Å². The average molecular weight is 395 g/mol. The van der Waals surface area contributed by atoms with E-state index in [1.165, 1.54) is 4.68 Å². The Balaban J connectivity index is 1.96. The van der Waals surface area contributed by atoms with Crippen molar-refractivity contribution in [3.63, 3.8) is 0 Å². The van der Waals surface area contributed by atoms with Gasteiger partial charge in [0.15, 0.2) is 11.5 Å². The van der Waals surface area contributed by atoms with Crippen molar-refractivity contribution in [2.24, 2.45) is 5.73 Å². The van der Waals surface area contributed by atoms with Gasteiger partial charge in [0.05, 0.1) is 17.9 Å². The number of nitrogens with two attached hydrogens (primary N) is 1. The van der Waals surface area contributed by atoms with Crippen LogP contribution < -0.4 is 5.73 Å². The number of fused-ring (bicyclic) bond motifs is 1. The Labute approximate surface area is 165 Å². The van der Waals surface area contributed by atoms with E-state index in [0.717, 1.165) is 12.4 Å². The van der Waals surface area contributed by atoms with E-state index in [9.17, 15) is 14.0 Å². The van der Waals surface area contributed by atoms with Crippen molar-refractivity contribution >= 4 is 22.8 Å². The maximum Gasteiger partial charge on any atom is 0.328 e. The molecule has 0 aliphatic carbocycles. The van der Waals surface area contributed by atoms with Crippen LogP contribution in [-0.2, 0) is 16.1 Å². The van der Waals surface area contributed by atoms with Gasteiger partial charge in [-0.2, -0.15) is 5.10 Å². The summed E-state index contributed by atoms with van der Waals surface area (Å²) in [5.74, 6) is 3.93. The fourth-order valence-electron chi connectivity index (χ4n) is 2.56. The van der Waals surface area contributed by atoms with E-state index in [2.05, 4.69) is 26.9 Å². The van der Waals surface area contributed by atoms with E-state index < -0.39 is 23.3 Å². The van der Waals surface area contributed by atoms with Gasteiger partial charge in [0, 0.05) is 10.9 Å². The monoisotopic (exact) mass is 395 g/mol. The molecule has 9 heteroatoms. The molecule has 8 nitrogen and oxygen atoms in total. The Kier molecular flexibility index (Phi) is 5.28. The number of aromatic nitrogens is 4. The van der Waals surface area contributed by atoms with Crippen molar-refractivity contribution < 1.29 is 18.7 Å². The Morgan fingerprint density at radius 1 is 1.21 bits per heavy atom. The first-order valence-electron chi connectivity index (χ1n) is 8.64. The Morgan fingerprint density at radius 3 is 2.52 bits per heavy atom. The Morgan fingerprint density at radius 2 is 1.90 bits per heavy atom. The van der Waals surface area contributed by atoms with E-state index in [0.29, 0.717) is 16.5 Å². The summed E-state index contributed by atoms with van der Waals surface area (Å²) in [6, 6.07) is 5.00. The smallest absolute Gasteiger partial charge is 0.328 e. The van der Waals surface area contributed by atoms with Gasteiger partial charge < -0.3 is 10.5 Å². The second kappa shape index (κ2) is 7.67. The van der Waals surface area contributed by atoms with Crippen molar-refractivity contribution in [3.05, 3.63) is 53.5 Å². The number of nitrogens with zero attached hydrogens (tertiary/aromatic N) is 4. The van der Waals surface area contributed by atoms with Gasteiger partial charge in [-0.25, -0.2) is 14.4 Å². The topological polar surface area (TPSA) is 113 Å². The highest BCUT2D eigenvalue weighted by molar-refractivity contribution is 6.04. The molecular formula is C20H18FN5O3. The van der Waals surface area contributed by atoms with Gasteiger partial charge in [0.1, 0.15) is 12.1 Å². The van der Waals surface area contributed by atoms with Crippen LogP contribution >= 0.6 is 0 Å². The largest absolute Gasteiger partial charge is 0.459 e. The van der Waals surface area contributed by atoms with Crippen molar-refractivity contribution in [1.29, 1.82) is 0 Å². The standard InChI is InChI=1S/C20H18FN5O3/c1-20(2,3)29-17(27)11-26-15-6-4-12(8-14(15)18(25-26)19(22)28)5-7-16-23-9-13(21)10-24-16/h4,6,8-10H,11H2,1-3H3,(H2,22,28). The number of primary amides is 1. The summed E-state index contributed by atoms with van der Waals surface area (Å²) in [5.41, 5.74) is 5.89. The lowest BCUT2D eigenvalue weighted by molar-refractivity contribution is -0.155. The summed E-state index contributed by atoms with van der Waals surface area (Å²) in [5, 5.41) is 4.61. The van der Waals surface area contributed by atoms with Crippen LogP contribution in [0.15, 0.2) is 30.6 Å². The van der Waals surface area contributed by atoms with Crippen LogP contribution in [0, 0.1) is 17.7 Å². The molecule has 1 aromatic carbocycles. The minimum Gasteiger partial charge on any atom is -0.459 e. The number of benzene rings is 1. The van der Waals surface area contributed by atoms with Gasteiger partial charge in [0.2, 0.25) is 5.82 Å². The maximum absolute atomic E-state index is 12.9. The lowest BCUT2D eigenvalue weighted by Gasteiger charge is -2.19. The fourth-order valence-corrected chi connectivity index (χ4v) is 2.56. The lowest BCUT2D eigenvalue weighted by atomic mass is 10.1. The molecule has 0 unspecified atom stereocenters. The molecule has 29 heavy (non-hydrogen) atoms. The van der Waals surface area contributed by atoms with Gasteiger partial charge in [0.25, 0.3) is 5.91 Å². The van der Waals surface area contributed by atoms with Crippen LogP contribution in [0.2, 0.25) is 0 Å². The molecule has 0 aliphatic heterocycles. The average Bonchev–Trinajstić information content (AvgIpc) is 2.97. The molecule has 0 radical (unpaired) electrons. The molecule has 3 aromatic rings. The molecule has 0 bridgehead atoms. The second-order valence-corrected chi connectivity index (χ2v) is 7.16. The molecule has 0 fully saturated rings. The first-order chi connectivity index (χ1) is 13.6. The van der Waals surface area contributed by atoms with Crippen molar-refractivity contribution in [2.45, 2.75) is 32.9 Å². The minimum absolute atomic E-state index is 0.0187. The predicted octanol–water partition coefficient (Wildman–Crippen LogP) is 1.81. The van der Waals surface area contributed by atoms with Crippen LogP contribution in [0.4, 0.5) is 4.39 Å². The molecule has 0 saturated heterocycles. The summed E-state index contributed by atoms with van der Waals surface area (Å²) in [4.78, 5) is 31.5. The van der Waals surface area contributed by atoms with Crippen LogP contribution in [0.3, 0.4) is 0 Å². The van der Waals surface area contributed by atoms with Gasteiger partial charge in [-0.15, -0.1) is 0 Å². The van der Waals surface area contributed by atoms with Crippen molar-refractivity contribution in [1.82, 2.24) is 19.7 Å². The third-order valence-corrected chi connectivity index (χ3v) is 3.62. The third kappa shape index (κ3) is 4.93. The van der Waals surface area contributed by atoms with Crippen LogP contribution in [0.25, 0.3) is 10.9 Å². The number of rotatable bonds is 3. The molecule has 0 atom stereocenters. The zero-order valence-corrected chi connectivity index (χ0v) is 16.1. The highest BCUT2D eigenvalue weighted by Gasteiger charge is 2.20. The molecule has 0 aliphatic rings. The molecule has 0 saturated carbocycles. The number of hydrogen-bond donors (Lipinski definition) is 1. The normalized spacial score (nSPS) is 11.0. The third-order valence-electron chi connectivity index (χ3n) is 3.62. The summed E-state index contributed by atoms with van der Waals surface area (Å²) in [6.07, 6.45) is 2.04. The van der Waals surface area contributed by atoms with Gasteiger partial charge in [-0.05, 0) is 44.9 Å². The molecule has 2 heterocycles. The van der Waals surface area contributed by atoms with Crippen molar-refractivity contribution in [2.75, 3.05) is 0 Å². The number of hydrogen-bond acceptors (Lipinski definition) is 6. The van der Waals surface area contributed by atoms with Gasteiger partial charge in [-0.3, -0.25) is 14.3 Å². The van der Waals surface area contributed by atoms with Crippen molar-refractivity contribution in [3.8, 4) is 11.8 Å². The van der Waals surface area contributed by atoms with E-state index in [1.807, 2.05) is 0 Å². The fraction of sp³-hybridized carbons (Fsp3) is 0.250. The van der Waals surface area contributed by atoms with Crippen LogP contribution in [-0.4, -0.2) is 37.2 Å². The Bertz CT molecular complexity index is 1150. The maximum atomic E-state index is 12.9. The van der Waals surface area contributed by atoms with E-state index in [-0.39, 0.29) is 18.1 Å². The second-order valence-electron chi connectivity index (χ2n) is 7.16. The SMILES string of the molecule is CC(C)(C)OC(=O)Cn1nc(C(N)=O)c2cc(C#Cc3ncc(F)cn3)ccc21. The quantitative estimate of drug-likeness (QED) is 0.534. The number of amides is 1. The summed E-state index contributed by atoms with van der Waals surface area (Å²) >= 11 is 0. The molecular weight excluding hydrogens is 377 g/mol. The van der Waals surface area contributed by atoms with Gasteiger partial charge >= 0.3 is 5.97 Å². The molecule has 148 valence electrons. The highest BCUT2D eigenvalue weighted by atomic mass is 19.1. The number of carbonyl (C=O) groups is 2. The Hall–Kier alpha value is -3.80.